The van der Waals surface area contributed by atoms with Gasteiger partial charge in [0, 0.05) is 12.6 Å². The van der Waals surface area contributed by atoms with Gasteiger partial charge < -0.3 is 10.1 Å². The Morgan fingerprint density at radius 2 is 2.08 bits per heavy atom. The molecule has 0 aliphatic carbocycles. The molecule has 0 fully saturated rings. The van der Waals surface area contributed by atoms with E-state index < -0.39 is 17.5 Å². The predicted octanol–water partition coefficient (Wildman–Crippen LogP) is 3.85. The van der Waals surface area contributed by atoms with Crippen LogP contribution >= 0.6 is 15.9 Å². The van der Waals surface area contributed by atoms with Crippen molar-refractivity contribution in [1.82, 2.24) is 5.32 Å². The highest BCUT2D eigenvalue weighted by molar-refractivity contribution is 9.10. The summed E-state index contributed by atoms with van der Waals surface area (Å²) in [5.74, 6) is -0.743. The SMILES string of the molecule is CCCC[C@@H](CC)CNC(=O)COC(=O)c1ccc(Br)c([N+](=O)[O-])c1. The molecule has 0 aliphatic heterocycles. The van der Waals surface area contributed by atoms with Crippen LogP contribution in [-0.2, 0) is 9.53 Å². The highest BCUT2D eigenvalue weighted by Crippen LogP contribution is 2.25. The maximum Gasteiger partial charge on any atom is 0.338 e. The van der Waals surface area contributed by atoms with Crippen molar-refractivity contribution in [3.8, 4) is 0 Å². The van der Waals surface area contributed by atoms with Crippen LogP contribution in [0.15, 0.2) is 22.7 Å². The number of unbranched alkanes of at least 4 members (excludes halogenated alkanes) is 1. The molecule has 25 heavy (non-hydrogen) atoms. The van der Waals surface area contributed by atoms with Crippen LogP contribution in [0.5, 0.6) is 0 Å². The number of hydrogen-bond donors (Lipinski definition) is 1. The summed E-state index contributed by atoms with van der Waals surface area (Å²) in [7, 11) is 0. The third-order valence-electron chi connectivity index (χ3n) is 3.84. The fourth-order valence-electron chi connectivity index (χ4n) is 2.25. The van der Waals surface area contributed by atoms with E-state index in [4.69, 9.17) is 4.74 Å². The first kappa shape index (κ1) is 21.1. The fraction of sp³-hybridized carbons (Fsp3) is 0.529. The number of amides is 1. The lowest BCUT2D eigenvalue weighted by atomic mass is 9.99. The molecule has 1 aromatic carbocycles. The van der Waals surface area contributed by atoms with E-state index in [1.165, 1.54) is 12.1 Å². The molecule has 0 saturated heterocycles. The van der Waals surface area contributed by atoms with Crippen molar-refractivity contribution in [2.75, 3.05) is 13.2 Å². The fourth-order valence-corrected chi connectivity index (χ4v) is 2.64. The molecule has 1 atom stereocenters. The first-order chi connectivity index (χ1) is 11.9. The number of benzene rings is 1. The molecule has 138 valence electrons. The zero-order chi connectivity index (χ0) is 18.8. The van der Waals surface area contributed by atoms with E-state index >= 15 is 0 Å². The Hall–Kier alpha value is -1.96. The topological polar surface area (TPSA) is 98.5 Å². The summed E-state index contributed by atoms with van der Waals surface area (Å²) in [4.78, 5) is 34.0. The third kappa shape index (κ3) is 7.21. The highest BCUT2D eigenvalue weighted by Gasteiger charge is 2.18. The van der Waals surface area contributed by atoms with Gasteiger partial charge in [-0.2, -0.15) is 0 Å². The van der Waals surface area contributed by atoms with E-state index in [1.807, 2.05) is 0 Å². The number of nitro groups is 1. The minimum Gasteiger partial charge on any atom is -0.452 e. The molecule has 0 saturated carbocycles. The molecule has 8 heteroatoms. The normalized spacial score (nSPS) is 11.6. The molecule has 0 aromatic heterocycles. The summed E-state index contributed by atoms with van der Waals surface area (Å²) in [5.41, 5.74) is -0.210. The molecule has 0 heterocycles. The second-order valence-corrected chi connectivity index (χ2v) is 6.57. The molecule has 0 bridgehead atoms. The van der Waals surface area contributed by atoms with Crippen LogP contribution in [0.4, 0.5) is 5.69 Å². The number of esters is 1. The van der Waals surface area contributed by atoms with E-state index in [0.29, 0.717) is 12.5 Å². The molecule has 0 aliphatic rings. The van der Waals surface area contributed by atoms with Gasteiger partial charge >= 0.3 is 5.97 Å². The van der Waals surface area contributed by atoms with Crippen LogP contribution in [0.3, 0.4) is 0 Å². The summed E-state index contributed by atoms with van der Waals surface area (Å²) in [6.45, 7) is 4.34. The molecular weight excluding hydrogens is 392 g/mol. The van der Waals surface area contributed by atoms with Crippen LogP contribution in [0, 0.1) is 16.0 Å². The summed E-state index contributed by atoms with van der Waals surface area (Å²) in [6.07, 6.45) is 4.26. The molecule has 0 radical (unpaired) electrons. The van der Waals surface area contributed by atoms with Crippen LogP contribution in [0.1, 0.15) is 49.9 Å². The number of rotatable bonds is 10. The molecule has 1 N–H and O–H groups in total. The zero-order valence-electron chi connectivity index (χ0n) is 14.4. The van der Waals surface area contributed by atoms with Crippen LogP contribution < -0.4 is 5.32 Å². The second kappa shape index (κ2) is 10.8. The van der Waals surface area contributed by atoms with Crippen LogP contribution in [0.25, 0.3) is 0 Å². The van der Waals surface area contributed by atoms with Crippen molar-refractivity contribution in [3.05, 3.63) is 38.3 Å². The summed E-state index contributed by atoms with van der Waals surface area (Å²) < 4.78 is 5.19. The van der Waals surface area contributed by atoms with Gasteiger partial charge in [-0.1, -0.05) is 33.1 Å². The maximum atomic E-state index is 11.9. The van der Waals surface area contributed by atoms with Crippen molar-refractivity contribution in [2.24, 2.45) is 5.92 Å². The van der Waals surface area contributed by atoms with Gasteiger partial charge in [0.2, 0.25) is 0 Å². The van der Waals surface area contributed by atoms with Crippen molar-refractivity contribution >= 4 is 33.5 Å². The number of carbonyl (C=O) groups excluding carboxylic acids is 2. The smallest absolute Gasteiger partial charge is 0.338 e. The Bertz CT molecular complexity index is 621. The second-order valence-electron chi connectivity index (χ2n) is 5.72. The Morgan fingerprint density at radius 3 is 2.68 bits per heavy atom. The van der Waals surface area contributed by atoms with Gasteiger partial charge in [-0.3, -0.25) is 14.9 Å². The Morgan fingerprint density at radius 1 is 1.36 bits per heavy atom. The minimum absolute atomic E-state index is 0.0251. The standard InChI is InChI=1S/C17H23BrN2O5/c1-3-5-6-12(4-2)10-19-16(21)11-25-17(22)13-7-8-14(18)15(9-13)20(23)24/h7-9,12H,3-6,10-11H2,1-2H3,(H,19,21)/t12-/m1/s1. The van der Waals surface area contributed by atoms with Crippen molar-refractivity contribution < 1.29 is 19.2 Å². The van der Waals surface area contributed by atoms with Gasteiger partial charge in [-0.25, -0.2) is 4.79 Å². The maximum absolute atomic E-state index is 11.9. The Balaban J connectivity index is 2.49. The molecular formula is C17H23BrN2O5. The monoisotopic (exact) mass is 414 g/mol. The van der Waals surface area contributed by atoms with Gasteiger partial charge in [0.25, 0.3) is 11.6 Å². The Kier molecular flexibility index (Phi) is 9.12. The van der Waals surface area contributed by atoms with E-state index in [2.05, 4.69) is 35.1 Å². The van der Waals surface area contributed by atoms with Gasteiger partial charge in [0.15, 0.2) is 6.61 Å². The molecule has 1 aromatic rings. The van der Waals surface area contributed by atoms with E-state index in [1.54, 1.807) is 0 Å². The van der Waals surface area contributed by atoms with Gasteiger partial charge in [-0.15, -0.1) is 0 Å². The molecule has 7 nitrogen and oxygen atoms in total. The number of nitrogens with zero attached hydrogens (tertiary/aromatic N) is 1. The van der Waals surface area contributed by atoms with Crippen molar-refractivity contribution in [3.63, 3.8) is 0 Å². The summed E-state index contributed by atoms with van der Waals surface area (Å²) in [6, 6.07) is 3.91. The van der Waals surface area contributed by atoms with Crippen molar-refractivity contribution in [2.45, 2.75) is 39.5 Å². The van der Waals surface area contributed by atoms with Gasteiger partial charge in [-0.05, 0) is 40.4 Å². The predicted molar refractivity (Wildman–Crippen MR) is 97.4 cm³/mol. The first-order valence-electron chi connectivity index (χ1n) is 8.26. The van der Waals surface area contributed by atoms with Crippen molar-refractivity contribution in [1.29, 1.82) is 0 Å². The molecule has 1 rings (SSSR count). The van der Waals surface area contributed by atoms with E-state index in [-0.39, 0.29) is 21.6 Å². The minimum atomic E-state index is -0.774. The highest BCUT2D eigenvalue weighted by atomic mass is 79.9. The summed E-state index contributed by atoms with van der Waals surface area (Å²) in [5, 5.41) is 13.6. The van der Waals surface area contributed by atoms with E-state index in [0.717, 1.165) is 31.7 Å². The lowest BCUT2D eigenvalue weighted by Crippen LogP contribution is -2.32. The lowest BCUT2D eigenvalue weighted by Gasteiger charge is -2.15. The number of hydrogen-bond acceptors (Lipinski definition) is 5. The lowest BCUT2D eigenvalue weighted by molar-refractivity contribution is -0.385. The van der Waals surface area contributed by atoms with Gasteiger partial charge in [0.1, 0.15) is 0 Å². The molecule has 0 unspecified atom stereocenters. The quantitative estimate of drug-likeness (QED) is 0.356. The molecule has 1 amide bonds. The van der Waals surface area contributed by atoms with Crippen LogP contribution in [-0.4, -0.2) is 30.0 Å². The number of halogens is 1. The molecule has 0 spiro atoms. The summed E-state index contributed by atoms with van der Waals surface area (Å²) >= 11 is 3.04. The average Bonchev–Trinajstić information content (AvgIpc) is 2.59. The number of ether oxygens (including phenoxy) is 1. The zero-order valence-corrected chi connectivity index (χ0v) is 16.0. The number of carbonyl (C=O) groups is 2. The van der Waals surface area contributed by atoms with Gasteiger partial charge in [0.05, 0.1) is 15.0 Å². The third-order valence-corrected chi connectivity index (χ3v) is 4.51. The van der Waals surface area contributed by atoms with E-state index in [9.17, 15) is 19.7 Å². The Labute approximate surface area is 155 Å². The largest absolute Gasteiger partial charge is 0.452 e. The number of nitrogens with one attached hydrogen (secondary N) is 1. The first-order valence-corrected chi connectivity index (χ1v) is 9.06. The number of nitro benzene ring substituents is 1. The average molecular weight is 415 g/mol. The van der Waals surface area contributed by atoms with Crippen LogP contribution in [0.2, 0.25) is 0 Å².